The van der Waals surface area contributed by atoms with Crippen LogP contribution < -0.4 is 16.5 Å². The van der Waals surface area contributed by atoms with Crippen molar-refractivity contribution in [2.24, 2.45) is 5.73 Å². The zero-order valence-electron chi connectivity index (χ0n) is 11.1. The first-order valence-corrected chi connectivity index (χ1v) is 6.11. The van der Waals surface area contributed by atoms with Crippen LogP contribution in [0, 0.1) is 0 Å². The van der Waals surface area contributed by atoms with Crippen LogP contribution in [0.1, 0.15) is 11.1 Å². The van der Waals surface area contributed by atoms with Crippen molar-refractivity contribution in [2.75, 3.05) is 19.4 Å². The summed E-state index contributed by atoms with van der Waals surface area (Å²) in [7, 11) is 3.47. The fraction of sp³-hybridized carbons (Fsp3) is 0.385. The van der Waals surface area contributed by atoms with E-state index < -0.39 is 6.04 Å². The lowest BCUT2D eigenvalue weighted by Crippen LogP contribution is -2.47. The van der Waals surface area contributed by atoms with Gasteiger partial charge in [0.1, 0.15) is 0 Å². The number of amides is 2. The number of nitrogens with one attached hydrogen (secondary N) is 2. The Kier molecular flexibility index (Phi) is 3.82. The van der Waals surface area contributed by atoms with E-state index >= 15 is 0 Å². The van der Waals surface area contributed by atoms with Gasteiger partial charge in [0.2, 0.25) is 5.91 Å². The Bertz CT molecular complexity index is 513. The van der Waals surface area contributed by atoms with Gasteiger partial charge in [-0.1, -0.05) is 12.1 Å². The average Bonchev–Trinajstić information content (AvgIpc) is 2.67. The highest BCUT2D eigenvalue weighted by Crippen LogP contribution is 2.24. The highest BCUT2D eigenvalue weighted by molar-refractivity contribution is 5.99. The lowest BCUT2D eigenvalue weighted by atomic mass is 10.0. The van der Waals surface area contributed by atoms with Crippen molar-refractivity contribution in [3.8, 4) is 0 Å². The Morgan fingerprint density at radius 1 is 1.53 bits per heavy atom. The quantitative estimate of drug-likeness (QED) is 0.647. The van der Waals surface area contributed by atoms with Crippen LogP contribution in [0.4, 0.5) is 5.69 Å². The molecule has 1 unspecified atom stereocenters. The Balaban J connectivity index is 2.02. The number of carbonyl (C=O) groups excluding carboxylic acids is 2. The van der Waals surface area contributed by atoms with Gasteiger partial charge in [0.15, 0.2) is 0 Å². The summed E-state index contributed by atoms with van der Waals surface area (Å²) in [5.41, 5.74) is 11.2. The van der Waals surface area contributed by atoms with Gasteiger partial charge in [0, 0.05) is 19.8 Å². The number of nitrogens with two attached hydrogens (primary N) is 1. The molecule has 0 saturated carbocycles. The number of hydrazine groups is 1. The molecule has 1 aromatic carbocycles. The molecule has 1 atom stereocenters. The van der Waals surface area contributed by atoms with E-state index in [9.17, 15) is 9.59 Å². The first kappa shape index (κ1) is 13.5. The fourth-order valence-corrected chi connectivity index (χ4v) is 2.06. The molecule has 0 bridgehead atoms. The number of benzene rings is 1. The second-order valence-electron chi connectivity index (χ2n) is 4.90. The van der Waals surface area contributed by atoms with Gasteiger partial charge in [-0.15, -0.1) is 0 Å². The summed E-state index contributed by atoms with van der Waals surface area (Å²) in [5.74, 6) is -0.221. The largest absolute Gasteiger partial charge is 0.326 e. The second-order valence-corrected chi connectivity index (χ2v) is 4.90. The summed E-state index contributed by atoms with van der Waals surface area (Å²) in [5, 5.41) is 4.33. The van der Waals surface area contributed by atoms with E-state index in [1.54, 1.807) is 19.1 Å². The standard InChI is InChI=1S/C13H18N4O2/c1-17(2)16-13(19)10(14)6-8-3-4-11-9(5-8)7-12(18)15-11/h3-5,10H,6-7,14H2,1-2H3,(H,15,18)(H,16,19). The van der Waals surface area contributed by atoms with Crippen molar-refractivity contribution < 1.29 is 9.59 Å². The number of rotatable bonds is 4. The van der Waals surface area contributed by atoms with Crippen LogP contribution in [0.25, 0.3) is 0 Å². The molecule has 19 heavy (non-hydrogen) atoms. The molecule has 102 valence electrons. The highest BCUT2D eigenvalue weighted by Gasteiger charge is 2.19. The average molecular weight is 262 g/mol. The number of nitrogens with zero attached hydrogens (tertiary/aromatic N) is 1. The first-order chi connectivity index (χ1) is 8.95. The van der Waals surface area contributed by atoms with E-state index in [2.05, 4.69) is 10.7 Å². The van der Waals surface area contributed by atoms with E-state index in [-0.39, 0.29) is 11.8 Å². The van der Waals surface area contributed by atoms with Crippen LogP contribution >= 0.6 is 0 Å². The maximum absolute atomic E-state index is 11.7. The van der Waals surface area contributed by atoms with Gasteiger partial charge in [-0.2, -0.15) is 0 Å². The molecule has 6 heteroatoms. The van der Waals surface area contributed by atoms with Crippen LogP contribution in [0.5, 0.6) is 0 Å². The topological polar surface area (TPSA) is 87.5 Å². The van der Waals surface area contributed by atoms with Crippen molar-refractivity contribution in [2.45, 2.75) is 18.9 Å². The van der Waals surface area contributed by atoms with Crippen molar-refractivity contribution in [1.29, 1.82) is 0 Å². The number of hydrogen-bond acceptors (Lipinski definition) is 4. The Morgan fingerprint density at radius 2 is 2.26 bits per heavy atom. The predicted molar refractivity (Wildman–Crippen MR) is 72.3 cm³/mol. The summed E-state index contributed by atoms with van der Waals surface area (Å²) in [4.78, 5) is 23.0. The van der Waals surface area contributed by atoms with Gasteiger partial charge in [-0.25, -0.2) is 5.01 Å². The molecule has 4 N–H and O–H groups in total. The summed E-state index contributed by atoms with van der Waals surface area (Å²) in [6, 6.07) is 5.06. The number of anilines is 1. The molecule has 0 aliphatic carbocycles. The van der Waals surface area contributed by atoms with Crippen LogP contribution in [-0.2, 0) is 22.4 Å². The summed E-state index contributed by atoms with van der Waals surface area (Å²) in [6.45, 7) is 0. The minimum Gasteiger partial charge on any atom is -0.326 e. The van der Waals surface area contributed by atoms with E-state index in [0.29, 0.717) is 12.8 Å². The Morgan fingerprint density at radius 3 is 2.95 bits per heavy atom. The molecule has 1 aliphatic heterocycles. The third-order valence-electron chi connectivity index (χ3n) is 2.92. The smallest absolute Gasteiger partial charge is 0.251 e. The molecule has 6 nitrogen and oxygen atoms in total. The Hall–Kier alpha value is -1.92. The number of fused-ring (bicyclic) bond motifs is 1. The molecular weight excluding hydrogens is 244 g/mol. The Labute approximate surface area is 111 Å². The lowest BCUT2D eigenvalue weighted by Gasteiger charge is -2.16. The van der Waals surface area contributed by atoms with Gasteiger partial charge in [-0.3, -0.25) is 15.0 Å². The monoisotopic (exact) mass is 262 g/mol. The van der Waals surface area contributed by atoms with Crippen LogP contribution in [0.3, 0.4) is 0 Å². The molecule has 0 aromatic heterocycles. The second kappa shape index (κ2) is 5.38. The maximum atomic E-state index is 11.7. The fourth-order valence-electron chi connectivity index (χ4n) is 2.06. The zero-order valence-corrected chi connectivity index (χ0v) is 11.1. The van der Waals surface area contributed by atoms with Gasteiger partial charge in [-0.05, 0) is 23.6 Å². The summed E-state index contributed by atoms with van der Waals surface area (Å²) >= 11 is 0. The van der Waals surface area contributed by atoms with Crippen molar-refractivity contribution in [3.05, 3.63) is 29.3 Å². The lowest BCUT2D eigenvalue weighted by molar-refractivity contribution is -0.126. The van der Waals surface area contributed by atoms with E-state index in [1.165, 1.54) is 0 Å². The van der Waals surface area contributed by atoms with E-state index in [4.69, 9.17) is 5.73 Å². The van der Waals surface area contributed by atoms with Crippen LogP contribution in [0.2, 0.25) is 0 Å². The molecule has 1 aromatic rings. The maximum Gasteiger partial charge on any atom is 0.251 e. The molecule has 0 radical (unpaired) electrons. The van der Waals surface area contributed by atoms with Crippen LogP contribution in [0.15, 0.2) is 18.2 Å². The zero-order chi connectivity index (χ0) is 14.0. The molecule has 2 amide bonds. The van der Waals surface area contributed by atoms with Crippen molar-refractivity contribution in [1.82, 2.24) is 10.4 Å². The molecule has 0 saturated heterocycles. The van der Waals surface area contributed by atoms with Crippen molar-refractivity contribution in [3.63, 3.8) is 0 Å². The summed E-state index contributed by atoms with van der Waals surface area (Å²) < 4.78 is 0. The number of hydrogen-bond donors (Lipinski definition) is 3. The molecule has 0 spiro atoms. The minimum atomic E-state index is -0.606. The van der Waals surface area contributed by atoms with Gasteiger partial charge in [0.25, 0.3) is 5.91 Å². The first-order valence-electron chi connectivity index (χ1n) is 6.11. The molecule has 1 aliphatic rings. The summed E-state index contributed by atoms with van der Waals surface area (Å²) in [6.07, 6.45) is 0.837. The number of carbonyl (C=O) groups is 2. The predicted octanol–water partition coefficient (Wildman–Crippen LogP) is -0.356. The SMILES string of the molecule is CN(C)NC(=O)C(N)Cc1ccc2c(c1)CC(=O)N2. The molecule has 0 fully saturated rings. The van der Waals surface area contributed by atoms with E-state index in [1.807, 2.05) is 18.2 Å². The molecule has 2 rings (SSSR count). The minimum absolute atomic E-state index is 0.00167. The van der Waals surface area contributed by atoms with Gasteiger partial charge >= 0.3 is 0 Å². The van der Waals surface area contributed by atoms with Crippen molar-refractivity contribution >= 4 is 17.5 Å². The third kappa shape index (κ3) is 3.30. The molecular formula is C13H18N4O2. The molecule has 1 heterocycles. The van der Waals surface area contributed by atoms with E-state index in [0.717, 1.165) is 16.8 Å². The van der Waals surface area contributed by atoms with Gasteiger partial charge in [0.05, 0.1) is 12.5 Å². The third-order valence-corrected chi connectivity index (χ3v) is 2.92. The highest BCUT2D eigenvalue weighted by atomic mass is 16.2. The van der Waals surface area contributed by atoms with Crippen LogP contribution in [-0.4, -0.2) is 37.0 Å². The normalized spacial score (nSPS) is 15.1. The van der Waals surface area contributed by atoms with Gasteiger partial charge < -0.3 is 11.1 Å².